The molecule has 0 aliphatic carbocycles. The first-order chi connectivity index (χ1) is 15.9. The Morgan fingerprint density at radius 3 is 2.45 bits per heavy atom. The molecule has 4 rings (SSSR count). The summed E-state index contributed by atoms with van der Waals surface area (Å²) in [5.41, 5.74) is 4.04. The van der Waals surface area contributed by atoms with Crippen molar-refractivity contribution in [2.24, 2.45) is 0 Å². The zero-order valence-corrected chi connectivity index (χ0v) is 19.0. The molecule has 0 aliphatic rings. The van der Waals surface area contributed by atoms with E-state index < -0.39 is 0 Å². The molecule has 2 heterocycles. The average molecular weight is 446 g/mol. The van der Waals surface area contributed by atoms with E-state index in [0.717, 1.165) is 28.1 Å². The van der Waals surface area contributed by atoms with Crippen LogP contribution in [0.25, 0.3) is 11.3 Å². The first-order valence-corrected chi connectivity index (χ1v) is 10.9. The lowest BCUT2D eigenvalue weighted by atomic mass is 10.1. The van der Waals surface area contributed by atoms with Crippen molar-refractivity contribution in [3.8, 4) is 11.4 Å². The predicted molar refractivity (Wildman–Crippen MR) is 126 cm³/mol. The third-order valence-electron chi connectivity index (χ3n) is 5.48. The highest BCUT2D eigenvalue weighted by Crippen LogP contribution is 2.13. The van der Waals surface area contributed by atoms with Gasteiger partial charge in [-0.1, -0.05) is 18.2 Å². The minimum atomic E-state index is -0.224. The number of nitrogens with one attached hydrogen (secondary N) is 1. The maximum Gasteiger partial charge on any atom is 0.300 e. The van der Waals surface area contributed by atoms with E-state index in [1.54, 1.807) is 28.5 Å². The summed E-state index contributed by atoms with van der Waals surface area (Å²) in [6.45, 7) is 4.47. The van der Waals surface area contributed by atoms with Crippen molar-refractivity contribution in [2.75, 3.05) is 7.11 Å². The number of aromatic nitrogens is 4. The Kier molecular flexibility index (Phi) is 6.53. The van der Waals surface area contributed by atoms with Gasteiger partial charge in [-0.05, 0) is 61.2 Å². The number of ether oxygens (including phenoxy) is 1. The van der Waals surface area contributed by atoms with Crippen LogP contribution in [-0.2, 0) is 17.8 Å². The number of fused-ring (bicyclic) bond motifs is 1. The Morgan fingerprint density at radius 2 is 1.76 bits per heavy atom. The number of rotatable bonds is 8. The Labute approximate surface area is 191 Å². The van der Waals surface area contributed by atoms with Crippen LogP contribution in [-0.4, -0.2) is 32.2 Å². The second kappa shape index (κ2) is 9.68. The minimum absolute atomic E-state index is 0.0307. The molecule has 8 heteroatoms. The number of carbonyl (C=O) groups is 1. The standard InChI is InChI=1S/C25H27N5O3/c1-17-13-18(2)15-20(14-17)29-11-12-30-22(27-28-24(30)25(29)32)5-4-6-23(31)26-16-19-7-9-21(33-3)10-8-19/h7-15H,4-6,16H2,1-3H3,(H,26,31). The van der Waals surface area contributed by atoms with Crippen LogP contribution < -0.4 is 15.6 Å². The van der Waals surface area contributed by atoms with E-state index >= 15 is 0 Å². The average Bonchev–Trinajstić information content (AvgIpc) is 3.21. The number of nitrogens with zero attached hydrogens (tertiary/aromatic N) is 4. The number of hydrogen-bond acceptors (Lipinski definition) is 5. The predicted octanol–water partition coefficient (Wildman–Crippen LogP) is 3.14. The molecule has 0 bridgehead atoms. The molecule has 1 N–H and O–H groups in total. The van der Waals surface area contributed by atoms with Gasteiger partial charge in [-0.3, -0.25) is 18.6 Å². The Hall–Kier alpha value is -3.94. The van der Waals surface area contributed by atoms with E-state index in [0.29, 0.717) is 31.6 Å². The molecule has 33 heavy (non-hydrogen) atoms. The zero-order chi connectivity index (χ0) is 23.4. The highest BCUT2D eigenvalue weighted by molar-refractivity contribution is 5.75. The van der Waals surface area contributed by atoms with Gasteiger partial charge in [0.15, 0.2) is 0 Å². The van der Waals surface area contributed by atoms with E-state index in [4.69, 9.17) is 4.74 Å². The van der Waals surface area contributed by atoms with Crippen LogP contribution >= 0.6 is 0 Å². The summed E-state index contributed by atoms with van der Waals surface area (Å²) in [5.74, 6) is 1.42. The maximum absolute atomic E-state index is 13.0. The van der Waals surface area contributed by atoms with E-state index in [1.807, 2.05) is 50.2 Å². The fourth-order valence-corrected chi connectivity index (χ4v) is 3.84. The number of carbonyl (C=O) groups excluding carboxylic acids is 1. The third-order valence-corrected chi connectivity index (χ3v) is 5.48. The summed E-state index contributed by atoms with van der Waals surface area (Å²) < 4.78 is 8.43. The normalized spacial score (nSPS) is 11.0. The van der Waals surface area contributed by atoms with Gasteiger partial charge >= 0.3 is 5.56 Å². The van der Waals surface area contributed by atoms with Crippen molar-refractivity contribution in [2.45, 2.75) is 39.7 Å². The van der Waals surface area contributed by atoms with Crippen molar-refractivity contribution in [3.05, 3.63) is 87.7 Å². The lowest BCUT2D eigenvalue weighted by Gasteiger charge is -2.09. The molecule has 1 amide bonds. The smallest absolute Gasteiger partial charge is 0.300 e. The molecule has 8 nitrogen and oxygen atoms in total. The fraction of sp³-hybridized carbons (Fsp3) is 0.280. The summed E-state index contributed by atoms with van der Waals surface area (Å²) in [6, 6.07) is 13.6. The van der Waals surface area contributed by atoms with Gasteiger partial charge in [-0.15, -0.1) is 10.2 Å². The summed E-state index contributed by atoms with van der Waals surface area (Å²) in [7, 11) is 1.62. The molecule has 0 saturated carbocycles. The van der Waals surface area contributed by atoms with Gasteiger partial charge in [0, 0.05) is 37.5 Å². The molecule has 0 spiro atoms. The summed E-state index contributed by atoms with van der Waals surface area (Å²) >= 11 is 0. The van der Waals surface area contributed by atoms with Crippen molar-refractivity contribution >= 4 is 11.6 Å². The lowest BCUT2D eigenvalue weighted by molar-refractivity contribution is -0.121. The molecule has 4 aromatic rings. The molecule has 2 aromatic heterocycles. The SMILES string of the molecule is COc1ccc(CNC(=O)CCCc2nnc3c(=O)n(-c4cc(C)cc(C)c4)ccn23)cc1. The molecule has 0 saturated heterocycles. The molecule has 0 aliphatic heterocycles. The van der Waals surface area contributed by atoms with Crippen molar-refractivity contribution in [1.29, 1.82) is 0 Å². The van der Waals surface area contributed by atoms with Gasteiger partial charge in [0.2, 0.25) is 11.6 Å². The van der Waals surface area contributed by atoms with Crippen LogP contribution in [0.5, 0.6) is 5.75 Å². The Bertz CT molecular complexity index is 1320. The van der Waals surface area contributed by atoms with Crippen LogP contribution in [0.1, 0.15) is 35.4 Å². The first kappa shape index (κ1) is 22.3. The summed E-state index contributed by atoms with van der Waals surface area (Å²) in [6.07, 6.45) is 5.05. The summed E-state index contributed by atoms with van der Waals surface area (Å²) in [5, 5.41) is 11.2. The van der Waals surface area contributed by atoms with Gasteiger partial charge in [0.05, 0.1) is 7.11 Å². The fourth-order valence-electron chi connectivity index (χ4n) is 3.84. The zero-order valence-electron chi connectivity index (χ0n) is 19.0. The van der Waals surface area contributed by atoms with Crippen molar-refractivity contribution < 1.29 is 9.53 Å². The topological polar surface area (TPSA) is 90.5 Å². The highest BCUT2D eigenvalue weighted by atomic mass is 16.5. The molecular weight excluding hydrogens is 418 g/mol. The van der Waals surface area contributed by atoms with Gasteiger partial charge in [-0.2, -0.15) is 0 Å². The van der Waals surface area contributed by atoms with Crippen LogP contribution in [0.4, 0.5) is 0 Å². The largest absolute Gasteiger partial charge is 0.497 e. The number of benzene rings is 2. The second-order valence-corrected chi connectivity index (χ2v) is 8.11. The number of methoxy groups -OCH3 is 1. The van der Waals surface area contributed by atoms with Crippen molar-refractivity contribution in [1.82, 2.24) is 24.5 Å². The van der Waals surface area contributed by atoms with E-state index in [9.17, 15) is 9.59 Å². The first-order valence-electron chi connectivity index (χ1n) is 10.9. The molecule has 0 radical (unpaired) electrons. The van der Waals surface area contributed by atoms with Crippen LogP contribution in [0, 0.1) is 13.8 Å². The monoisotopic (exact) mass is 445 g/mol. The van der Waals surface area contributed by atoms with Crippen LogP contribution in [0.15, 0.2) is 59.7 Å². The molecule has 2 aromatic carbocycles. The molecule has 170 valence electrons. The highest BCUT2D eigenvalue weighted by Gasteiger charge is 2.12. The van der Waals surface area contributed by atoms with Gasteiger partial charge in [0.1, 0.15) is 11.6 Å². The number of hydrogen-bond donors (Lipinski definition) is 1. The van der Waals surface area contributed by atoms with Crippen LogP contribution in [0.3, 0.4) is 0 Å². The molecule has 0 atom stereocenters. The molecule has 0 unspecified atom stereocenters. The van der Waals surface area contributed by atoms with Crippen molar-refractivity contribution in [3.63, 3.8) is 0 Å². The van der Waals surface area contributed by atoms with Gasteiger partial charge < -0.3 is 10.1 Å². The number of aryl methyl sites for hydroxylation is 3. The summed E-state index contributed by atoms with van der Waals surface area (Å²) in [4.78, 5) is 25.2. The quantitative estimate of drug-likeness (QED) is 0.450. The number of amides is 1. The molecular formula is C25H27N5O3. The lowest BCUT2D eigenvalue weighted by Crippen LogP contribution is -2.22. The van der Waals surface area contributed by atoms with E-state index in [-0.39, 0.29) is 17.1 Å². The van der Waals surface area contributed by atoms with Gasteiger partial charge in [-0.25, -0.2) is 0 Å². The Morgan fingerprint density at radius 1 is 1.03 bits per heavy atom. The van der Waals surface area contributed by atoms with Gasteiger partial charge in [0.25, 0.3) is 0 Å². The Balaban J connectivity index is 1.37. The van der Waals surface area contributed by atoms with E-state index in [2.05, 4.69) is 21.6 Å². The third kappa shape index (κ3) is 5.11. The minimum Gasteiger partial charge on any atom is -0.497 e. The van der Waals surface area contributed by atoms with E-state index in [1.165, 1.54) is 0 Å². The second-order valence-electron chi connectivity index (χ2n) is 8.11. The maximum atomic E-state index is 13.0. The van der Waals surface area contributed by atoms with Crippen LogP contribution in [0.2, 0.25) is 0 Å². The molecule has 0 fully saturated rings.